The largest absolute Gasteiger partial charge is 0.480 e. The maximum absolute atomic E-state index is 12.5. The first-order chi connectivity index (χ1) is 15.6. The maximum Gasteiger partial charge on any atom is 0.407 e. The van der Waals surface area contributed by atoms with Crippen molar-refractivity contribution in [3.8, 4) is 11.1 Å². The topological polar surface area (TPSA) is 104 Å². The number of ether oxygens (including phenoxy) is 1. The SMILES string of the molecule is O=C(N[C@@H](Cc1cccc2cn[nH]c12)C(=O)O)OCC1c2ccccc2-c2ccccc21. The number of para-hydroxylation sites is 1. The zero-order valence-electron chi connectivity index (χ0n) is 17.1. The first kappa shape index (κ1) is 19.8. The molecule has 160 valence electrons. The molecule has 4 aromatic rings. The lowest BCUT2D eigenvalue weighted by Crippen LogP contribution is -2.43. The quantitative estimate of drug-likeness (QED) is 0.430. The number of fused-ring (bicyclic) bond motifs is 4. The second-order valence-corrected chi connectivity index (χ2v) is 7.82. The van der Waals surface area contributed by atoms with Crippen molar-refractivity contribution in [2.24, 2.45) is 0 Å². The number of nitrogens with one attached hydrogen (secondary N) is 2. The van der Waals surface area contributed by atoms with Crippen molar-refractivity contribution in [3.05, 3.63) is 89.6 Å². The summed E-state index contributed by atoms with van der Waals surface area (Å²) < 4.78 is 5.50. The Kier molecular flexibility index (Phi) is 5.07. The molecule has 0 spiro atoms. The molecule has 1 aliphatic rings. The molecule has 0 fully saturated rings. The number of hydrogen-bond acceptors (Lipinski definition) is 4. The number of H-pyrrole nitrogens is 1. The standard InChI is InChI=1S/C25H21N3O4/c29-24(30)22(12-15-6-5-7-16-13-26-28-23(15)16)27-25(31)32-14-21-19-10-3-1-8-17(19)18-9-2-4-11-20(18)21/h1-11,13,21-22H,12,14H2,(H,26,28)(H,27,31)(H,29,30)/t22-/m0/s1. The highest BCUT2D eigenvalue weighted by Gasteiger charge is 2.30. The number of aromatic nitrogens is 2. The number of amides is 1. The van der Waals surface area contributed by atoms with E-state index >= 15 is 0 Å². The highest BCUT2D eigenvalue weighted by Crippen LogP contribution is 2.44. The van der Waals surface area contributed by atoms with E-state index in [0.717, 1.165) is 38.7 Å². The fourth-order valence-corrected chi connectivity index (χ4v) is 4.40. The number of alkyl carbamates (subject to hydrolysis) is 1. The Bertz CT molecular complexity index is 1270. The number of nitrogens with zero attached hydrogens (tertiary/aromatic N) is 1. The molecule has 5 rings (SSSR count). The number of carbonyl (C=O) groups excluding carboxylic acids is 1. The van der Waals surface area contributed by atoms with Gasteiger partial charge in [-0.1, -0.05) is 66.7 Å². The molecule has 1 atom stereocenters. The van der Waals surface area contributed by atoms with Gasteiger partial charge >= 0.3 is 12.1 Å². The van der Waals surface area contributed by atoms with Crippen LogP contribution in [-0.2, 0) is 16.0 Å². The van der Waals surface area contributed by atoms with Crippen LogP contribution in [0.15, 0.2) is 72.9 Å². The van der Waals surface area contributed by atoms with Crippen LogP contribution in [0.5, 0.6) is 0 Å². The molecule has 0 unspecified atom stereocenters. The monoisotopic (exact) mass is 427 g/mol. The van der Waals surface area contributed by atoms with Crippen LogP contribution in [-0.4, -0.2) is 40.0 Å². The number of rotatable bonds is 6. The fourth-order valence-electron chi connectivity index (χ4n) is 4.40. The van der Waals surface area contributed by atoms with Gasteiger partial charge in [0.2, 0.25) is 0 Å². The summed E-state index contributed by atoms with van der Waals surface area (Å²) in [5, 5.41) is 19.9. The average molecular weight is 427 g/mol. The second-order valence-electron chi connectivity index (χ2n) is 7.82. The Morgan fingerprint density at radius 1 is 1.00 bits per heavy atom. The third kappa shape index (κ3) is 3.58. The van der Waals surface area contributed by atoms with Crippen LogP contribution >= 0.6 is 0 Å². The van der Waals surface area contributed by atoms with Crippen LogP contribution in [0.3, 0.4) is 0 Å². The Balaban J connectivity index is 1.29. The lowest BCUT2D eigenvalue weighted by molar-refractivity contribution is -0.139. The Hall–Kier alpha value is -4.13. The zero-order valence-corrected chi connectivity index (χ0v) is 17.1. The van der Waals surface area contributed by atoms with Gasteiger partial charge in [0.05, 0.1) is 11.7 Å². The summed E-state index contributed by atoms with van der Waals surface area (Å²) in [6.07, 6.45) is 1.03. The van der Waals surface area contributed by atoms with Crippen LogP contribution in [0.25, 0.3) is 22.0 Å². The Labute approximate surface area is 184 Å². The predicted octanol–water partition coefficient (Wildman–Crippen LogP) is 4.10. The second kappa shape index (κ2) is 8.19. The molecule has 1 heterocycles. The van der Waals surface area contributed by atoms with Crippen molar-refractivity contribution in [2.45, 2.75) is 18.4 Å². The van der Waals surface area contributed by atoms with Gasteiger partial charge in [-0.25, -0.2) is 9.59 Å². The molecule has 1 aliphatic carbocycles. The van der Waals surface area contributed by atoms with E-state index in [1.165, 1.54) is 0 Å². The lowest BCUT2D eigenvalue weighted by Gasteiger charge is -2.17. The van der Waals surface area contributed by atoms with E-state index in [2.05, 4.69) is 27.6 Å². The summed E-state index contributed by atoms with van der Waals surface area (Å²) >= 11 is 0. The number of carbonyl (C=O) groups is 2. The van der Waals surface area contributed by atoms with Crippen LogP contribution in [0.1, 0.15) is 22.6 Å². The minimum Gasteiger partial charge on any atom is -0.480 e. The number of hydrogen-bond donors (Lipinski definition) is 3. The fraction of sp³-hybridized carbons (Fsp3) is 0.160. The molecule has 7 nitrogen and oxygen atoms in total. The van der Waals surface area contributed by atoms with E-state index < -0.39 is 18.1 Å². The van der Waals surface area contributed by atoms with E-state index in [0.29, 0.717) is 0 Å². The molecule has 7 heteroatoms. The predicted molar refractivity (Wildman–Crippen MR) is 119 cm³/mol. The van der Waals surface area contributed by atoms with E-state index in [1.54, 1.807) is 6.20 Å². The van der Waals surface area contributed by atoms with Gasteiger partial charge in [-0.15, -0.1) is 0 Å². The van der Waals surface area contributed by atoms with Crippen molar-refractivity contribution in [2.75, 3.05) is 6.61 Å². The lowest BCUT2D eigenvalue weighted by atomic mass is 9.98. The molecule has 0 bridgehead atoms. The van der Waals surface area contributed by atoms with Gasteiger partial charge in [-0.05, 0) is 27.8 Å². The number of benzene rings is 3. The van der Waals surface area contributed by atoms with Crippen molar-refractivity contribution < 1.29 is 19.4 Å². The molecule has 3 aromatic carbocycles. The van der Waals surface area contributed by atoms with E-state index in [1.807, 2.05) is 54.6 Å². The van der Waals surface area contributed by atoms with Crippen LogP contribution < -0.4 is 5.32 Å². The number of carboxylic acids is 1. The number of aliphatic carboxylic acids is 1. The molecule has 0 aliphatic heterocycles. The van der Waals surface area contributed by atoms with Crippen molar-refractivity contribution in [3.63, 3.8) is 0 Å². The third-order valence-corrected chi connectivity index (χ3v) is 5.92. The highest BCUT2D eigenvalue weighted by atomic mass is 16.5. The summed E-state index contributed by atoms with van der Waals surface area (Å²) in [6, 6.07) is 20.5. The zero-order chi connectivity index (χ0) is 22.1. The van der Waals surface area contributed by atoms with E-state index in [-0.39, 0.29) is 18.9 Å². The smallest absolute Gasteiger partial charge is 0.407 e. The van der Waals surface area contributed by atoms with Gasteiger partial charge < -0.3 is 15.2 Å². The van der Waals surface area contributed by atoms with Crippen molar-refractivity contribution >= 4 is 23.0 Å². The summed E-state index contributed by atoms with van der Waals surface area (Å²) in [5.74, 6) is -1.22. The number of aromatic amines is 1. The van der Waals surface area contributed by atoms with Crippen molar-refractivity contribution in [1.29, 1.82) is 0 Å². The number of carboxylic acid groups (broad SMARTS) is 1. The normalized spacial score (nSPS) is 13.4. The van der Waals surface area contributed by atoms with Gasteiger partial charge in [-0.3, -0.25) is 5.10 Å². The molecule has 1 amide bonds. The first-order valence-corrected chi connectivity index (χ1v) is 10.4. The third-order valence-electron chi connectivity index (χ3n) is 5.92. The molecule has 0 saturated carbocycles. The Morgan fingerprint density at radius 3 is 2.38 bits per heavy atom. The summed E-state index contributed by atoms with van der Waals surface area (Å²) in [7, 11) is 0. The highest BCUT2D eigenvalue weighted by molar-refractivity contribution is 5.84. The first-order valence-electron chi connectivity index (χ1n) is 10.4. The minimum atomic E-state index is -1.13. The van der Waals surface area contributed by atoms with Crippen molar-refractivity contribution in [1.82, 2.24) is 15.5 Å². The summed E-state index contributed by atoms with van der Waals surface area (Å²) in [4.78, 5) is 24.3. The van der Waals surface area contributed by atoms with Gasteiger partial charge in [0, 0.05) is 17.7 Å². The van der Waals surface area contributed by atoms with E-state index in [4.69, 9.17) is 4.74 Å². The summed E-state index contributed by atoms with van der Waals surface area (Å²) in [5.41, 5.74) is 5.98. The molecule has 3 N–H and O–H groups in total. The van der Waals surface area contributed by atoms with Gasteiger partial charge in [0.1, 0.15) is 12.6 Å². The molecule has 0 saturated heterocycles. The van der Waals surface area contributed by atoms with E-state index in [9.17, 15) is 14.7 Å². The van der Waals surface area contributed by atoms with Gasteiger partial charge in [-0.2, -0.15) is 5.10 Å². The van der Waals surface area contributed by atoms with Crippen LogP contribution in [0, 0.1) is 0 Å². The average Bonchev–Trinajstić information content (AvgIpc) is 3.41. The van der Waals surface area contributed by atoms with Crippen LogP contribution in [0.4, 0.5) is 4.79 Å². The molecule has 32 heavy (non-hydrogen) atoms. The summed E-state index contributed by atoms with van der Waals surface area (Å²) in [6.45, 7) is 0.127. The van der Waals surface area contributed by atoms with Gasteiger partial charge in [0.15, 0.2) is 0 Å². The molecule has 0 radical (unpaired) electrons. The van der Waals surface area contributed by atoms with Crippen LogP contribution in [0.2, 0.25) is 0 Å². The minimum absolute atomic E-state index is 0.0878. The molecule has 1 aromatic heterocycles. The Morgan fingerprint density at radius 2 is 1.69 bits per heavy atom. The molecular weight excluding hydrogens is 406 g/mol. The van der Waals surface area contributed by atoms with Gasteiger partial charge in [0.25, 0.3) is 0 Å². The molecular formula is C25H21N3O4. The maximum atomic E-state index is 12.5.